The molecule has 0 atom stereocenters. The number of aliphatic carboxylic acids is 1. The molecule has 16 heavy (non-hydrogen) atoms. The smallest absolute Gasteiger partial charge is 0.319 e. The topological polar surface area (TPSA) is 66.4 Å². The number of hydrogen-bond acceptors (Lipinski definition) is 2. The maximum absolute atomic E-state index is 11.9. The summed E-state index contributed by atoms with van der Waals surface area (Å²) in [6, 6.07) is 0. The second kappa shape index (κ2) is 3.75. The lowest BCUT2D eigenvalue weighted by Crippen LogP contribution is -2.52. The summed E-state index contributed by atoms with van der Waals surface area (Å²) in [5, 5.41) is 11.9. The van der Waals surface area contributed by atoms with Gasteiger partial charge >= 0.3 is 5.97 Å². The van der Waals surface area contributed by atoms with Gasteiger partial charge in [0.25, 0.3) is 0 Å². The third kappa shape index (κ3) is 1.70. The third-order valence-electron chi connectivity index (χ3n) is 4.38. The maximum atomic E-state index is 11.9. The van der Waals surface area contributed by atoms with Gasteiger partial charge in [0, 0.05) is 6.54 Å². The molecule has 2 N–H and O–H groups in total. The quantitative estimate of drug-likeness (QED) is 0.697. The Bertz CT molecular complexity index is 316. The molecular formula is C12H19NO3. The van der Waals surface area contributed by atoms with Crippen molar-refractivity contribution in [2.75, 3.05) is 6.54 Å². The molecule has 1 amide bonds. The number of amides is 1. The van der Waals surface area contributed by atoms with Crippen LogP contribution in [-0.2, 0) is 9.59 Å². The molecule has 0 spiro atoms. The van der Waals surface area contributed by atoms with E-state index in [0.717, 1.165) is 25.7 Å². The molecule has 2 aliphatic carbocycles. The number of carboxylic acids is 1. The average Bonchev–Trinajstić information content (AvgIpc) is 2.93. The molecule has 0 bridgehead atoms. The van der Waals surface area contributed by atoms with Crippen LogP contribution in [0.15, 0.2) is 0 Å². The standard InChI is InChI=1S/C12H19NO3/c1-2-11(6-7-11)8-13-9(14)12(10(15)16)4-3-5-12/h2-8H2,1H3,(H,13,14)(H,15,16). The molecular weight excluding hydrogens is 206 g/mol. The van der Waals surface area contributed by atoms with Crippen molar-refractivity contribution >= 4 is 11.9 Å². The van der Waals surface area contributed by atoms with E-state index in [1.807, 2.05) is 0 Å². The van der Waals surface area contributed by atoms with E-state index in [1.54, 1.807) is 0 Å². The van der Waals surface area contributed by atoms with E-state index in [4.69, 9.17) is 5.11 Å². The molecule has 0 aliphatic heterocycles. The summed E-state index contributed by atoms with van der Waals surface area (Å²) in [6.45, 7) is 2.77. The van der Waals surface area contributed by atoms with Crippen LogP contribution in [-0.4, -0.2) is 23.5 Å². The first kappa shape index (κ1) is 11.4. The largest absolute Gasteiger partial charge is 0.480 e. The van der Waals surface area contributed by atoms with Crippen LogP contribution >= 0.6 is 0 Å². The summed E-state index contributed by atoms with van der Waals surface area (Å²) >= 11 is 0. The Morgan fingerprint density at radius 1 is 1.25 bits per heavy atom. The fourth-order valence-electron chi connectivity index (χ4n) is 2.34. The van der Waals surface area contributed by atoms with Gasteiger partial charge in [-0.25, -0.2) is 0 Å². The molecule has 4 nitrogen and oxygen atoms in total. The van der Waals surface area contributed by atoms with Crippen molar-refractivity contribution in [2.45, 2.75) is 45.4 Å². The van der Waals surface area contributed by atoms with Gasteiger partial charge < -0.3 is 10.4 Å². The third-order valence-corrected chi connectivity index (χ3v) is 4.38. The van der Waals surface area contributed by atoms with Gasteiger partial charge in [0.15, 0.2) is 0 Å². The fraction of sp³-hybridized carbons (Fsp3) is 0.833. The second-order valence-electron chi connectivity index (χ2n) is 5.28. The van der Waals surface area contributed by atoms with Crippen LogP contribution < -0.4 is 5.32 Å². The van der Waals surface area contributed by atoms with E-state index in [2.05, 4.69) is 12.2 Å². The van der Waals surface area contributed by atoms with E-state index < -0.39 is 11.4 Å². The van der Waals surface area contributed by atoms with Gasteiger partial charge in [-0.2, -0.15) is 0 Å². The van der Waals surface area contributed by atoms with Crippen molar-refractivity contribution in [1.29, 1.82) is 0 Å². The SMILES string of the molecule is CCC1(CNC(=O)C2(C(=O)O)CCC2)CC1. The Labute approximate surface area is 95.4 Å². The van der Waals surface area contributed by atoms with Crippen LogP contribution in [0.4, 0.5) is 0 Å². The number of carbonyl (C=O) groups excluding carboxylic acids is 1. The number of hydrogen-bond donors (Lipinski definition) is 2. The zero-order valence-electron chi connectivity index (χ0n) is 9.71. The van der Waals surface area contributed by atoms with E-state index in [-0.39, 0.29) is 11.3 Å². The molecule has 0 radical (unpaired) electrons. The first-order chi connectivity index (χ1) is 7.55. The van der Waals surface area contributed by atoms with E-state index in [9.17, 15) is 9.59 Å². The highest BCUT2D eigenvalue weighted by Crippen LogP contribution is 2.48. The zero-order valence-corrected chi connectivity index (χ0v) is 9.71. The normalized spacial score (nSPS) is 24.3. The minimum absolute atomic E-state index is 0.272. The minimum atomic E-state index is -1.11. The van der Waals surface area contributed by atoms with E-state index in [0.29, 0.717) is 19.4 Å². The number of rotatable bonds is 5. The Hall–Kier alpha value is -1.06. The van der Waals surface area contributed by atoms with Crippen molar-refractivity contribution in [3.63, 3.8) is 0 Å². The Morgan fingerprint density at radius 3 is 2.19 bits per heavy atom. The Kier molecular flexibility index (Phi) is 2.68. The summed E-state index contributed by atoms with van der Waals surface area (Å²) in [5.41, 5.74) is -0.830. The van der Waals surface area contributed by atoms with Gasteiger partial charge in [-0.3, -0.25) is 9.59 Å². The summed E-state index contributed by atoms with van der Waals surface area (Å²) in [7, 11) is 0. The molecule has 0 heterocycles. The van der Waals surface area contributed by atoms with Crippen LogP contribution in [0.1, 0.15) is 45.4 Å². The van der Waals surface area contributed by atoms with Gasteiger partial charge in [-0.1, -0.05) is 13.3 Å². The monoisotopic (exact) mass is 225 g/mol. The lowest BCUT2D eigenvalue weighted by Gasteiger charge is -2.36. The van der Waals surface area contributed by atoms with Crippen molar-refractivity contribution in [3.8, 4) is 0 Å². The van der Waals surface area contributed by atoms with Gasteiger partial charge in [-0.15, -0.1) is 0 Å². The molecule has 0 unspecified atom stereocenters. The molecule has 0 aromatic carbocycles. The summed E-state index contributed by atoms with van der Waals surface area (Å²) in [6.07, 6.45) is 5.21. The van der Waals surface area contributed by atoms with Crippen molar-refractivity contribution in [2.24, 2.45) is 10.8 Å². The van der Waals surface area contributed by atoms with Gasteiger partial charge in [0.2, 0.25) is 5.91 Å². The highest BCUT2D eigenvalue weighted by atomic mass is 16.4. The molecule has 0 saturated heterocycles. The number of nitrogens with one attached hydrogen (secondary N) is 1. The zero-order chi connectivity index (χ0) is 11.8. The molecule has 0 aromatic rings. The number of carboxylic acid groups (broad SMARTS) is 1. The molecule has 2 rings (SSSR count). The van der Waals surface area contributed by atoms with E-state index in [1.165, 1.54) is 0 Å². The predicted molar refractivity (Wildman–Crippen MR) is 58.9 cm³/mol. The molecule has 0 aromatic heterocycles. The Balaban J connectivity index is 1.90. The molecule has 2 fully saturated rings. The number of carbonyl (C=O) groups is 2. The highest BCUT2D eigenvalue weighted by Gasteiger charge is 2.52. The molecule has 2 aliphatic rings. The van der Waals surface area contributed by atoms with Gasteiger partial charge in [0.05, 0.1) is 0 Å². The molecule has 4 heteroatoms. The average molecular weight is 225 g/mol. The molecule has 90 valence electrons. The highest BCUT2D eigenvalue weighted by molar-refractivity contribution is 6.02. The lowest BCUT2D eigenvalue weighted by molar-refractivity contribution is -0.162. The fourth-order valence-corrected chi connectivity index (χ4v) is 2.34. The summed E-state index contributed by atoms with van der Waals surface area (Å²) in [5.74, 6) is -1.23. The van der Waals surface area contributed by atoms with Crippen molar-refractivity contribution in [3.05, 3.63) is 0 Å². The summed E-state index contributed by atoms with van der Waals surface area (Å²) < 4.78 is 0. The molecule has 2 saturated carbocycles. The van der Waals surface area contributed by atoms with Crippen molar-refractivity contribution in [1.82, 2.24) is 5.32 Å². The first-order valence-electron chi connectivity index (χ1n) is 6.06. The van der Waals surface area contributed by atoms with Gasteiger partial charge in [0.1, 0.15) is 5.41 Å². The van der Waals surface area contributed by atoms with Crippen LogP contribution in [0.3, 0.4) is 0 Å². The van der Waals surface area contributed by atoms with Gasteiger partial charge in [-0.05, 0) is 37.5 Å². The Morgan fingerprint density at radius 2 is 1.88 bits per heavy atom. The maximum Gasteiger partial charge on any atom is 0.319 e. The van der Waals surface area contributed by atoms with Crippen LogP contribution in [0, 0.1) is 10.8 Å². The van der Waals surface area contributed by atoms with Crippen LogP contribution in [0.2, 0.25) is 0 Å². The lowest BCUT2D eigenvalue weighted by atomic mass is 9.68. The van der Waals surface area contributed by atoms with Crippen molar-refractivity contribution < 1.29 is 14.7 Å². The second-order valence-corrected chi connectivity index (χ2v) is 5.28. The first-order valence-corrected chi connectivity index (χ1v) is 6.06. The summed E-state index contributed by atoms with van der Waals surface area (Å²) in [4.78, 5) is 23.0. The minimum Gasteiger partial charge on any atom is -0.480 e. The van der Waals surface area contributed by atoms with Crippen LogP contribution in [0.25, 0.3) is 0 Å². The van der Waals surface area contributed by atoms with E-state index >= 15 is 0 Å². The van der Waals surface area contributed by atoms with Crippen LogP contribution in [0.5, 0.6) is 0 Å². The predicted octanol–water partition coefficient (Wildman–Crippen LogP) is 1.55.